The van der Waals surface area contributed by atoms with Crippen LogP contribution in [0, 0.1) is 6.92 Å². The largest absolute Gasteiger partial charge is 0.326 e. The molecule has 0 aliphatic heterocycles. The minimum atomic E-state index is -0.0652. The van der Waals surface area contributed by atoms with Gasteiger partial charge in [-0.1, -0.05) is 25.8 Å². The second-order valence-corrected chi connectivity index (χ2v) is 5.81. The van der Waals surface area contributed by atoms with Gasteiger partial charge in [-0.25, -0.2) is 4.98 Å². The number of carbonyl (C=O) groups is 1. The Morgan fingerprint density at radius 1 is 1.43 bits per heavy atom. The summed E-state index contributed by atoms with van der Waals surface area (Å²) in [4.78, 5) is 16.0. The van der Waals surface area contributed by atoms with E-state index in [2.05, 4.69) is 36.6 Å². The topological polar surface area (TPSA) is 60.9 Å². The molecule has 114 valence electrons. The Kier molecular flexibility index (Phi) is 5.12. The average Bonchev–Trinajstić information content (AvgIpc) is 2.80. The minimum absolute atomic E-state index is 0.0652. The van der Waals surface area contributed by atoms with E-state index in [0.717, 1.165) is 36.1 Å². The van der Waals surface area contributed by atoms with Gasteiger partial charge in [0.15, 0.2) is 0 Å². The van der Waals surface area contributed by atoms with Gasteiger partial charge in [-0.05, 0) is 38.0 Å². The maximum absolute atomic E-state index is 11.3. The zero-order chi connectivity index (χ0) is 15.4. The molecule has 1 heterocycles. The molecule has 0 radical (unpaired) electrons. The Hall–Kier alpha value is -1.68. The number of carbonyl (C=O) groups excluding carboxylic acids is 1. The van der Waals surface area contributed by atoms with Crippen LogP contribution in [-0.2, 0) is 11.3 Å². The molecule has 0 spiro atoms. The Balaban J connectivity index is 2.40. The fraction of sp³-hybridized carbons (Fsp3) is 0.529. The van der Waals surface area contributed by atoms with Crippen LogP contribution in [-0.4, -0.2) is 15.3 Å². The van der Waals surface area contributed by atoms with Crippen LogP contribution in [0.2, 0.25) is 0 Å². The van der Waals surface area contributed by atoms with Crippen LogP contribution in [0.25, 0.3) is 11.0 Å². The van der Waals surface area contributed by atoms with Gasteiger partial charge >= 0.3 is 0 Å². The van der Waals surface area contributed by atoms with Crippen molar-refractivity contribution in [2.45, 2.75) is 59.0 Å². The number of ketones is 1. The molecule has 0 fully saturated rings. The maximum Gasteiger partial charge on any atom is 0.131 e. The lowest BCUT2D eigenvalue weighted by Crippen LogP contribution is -2.17. The van der Waals surface area contributed by atoms with E-state index >= 15 is 0 Å². The summed E-state index contributed by atoms with van der Waals surface area (Å²) in [5.74, 6) is 1.10. The van der Waals surface area contributed by atoms with E-state index in [1.807, 2.05) is 0 Å². The quantitative estimate of drug-likeness (QED) is 0.847. The van der Waals surface area contributed by atoms with Gasteiger partial charge in [0.2, 0.25) is 0 Å². The number of hydrogen-bond donors (Lipinski definition) is 1. The van der Waals surface area contributed by atoms with E-state index in [1.165, 1.54) is 5.56 Å². The lowest BCUT2D eigenvalue weighted by molar-refractivity contribution is -0.117. The molecule has 21 heavy (non-hydrogen) atoms. The number of benzene rings is 1. The molecule has 0 bridgehead atoms. The maximum atomic E-state index is 11.3. The molecule has 1 aromatic carbocycles. The van der Waals surface area contributed by atoms with Crippen molar-refractivity contribution < 1.29 is 4.79 Å². The van der Waals surface area contributed by atoms with E-state index in [9.17, 15) is 4.79 Å². The number of Topliss-reactive ketones (excluding diaryl/α,β-unsaturated/α-hetero) is 1. The molecular formula is C17H25N3O. The number of unbranched alkanes of at least 4 members (excludes halogenated alkanes) is 1. The zero-order valence-corrected chi connectivity index (χ0v) is 13.2. The van der Waals surface area contributed by atoms with Gasteiger partial charge in [0, 0.05) is 13.0 Å². The van der Waals surface area contributed by atoms with Crippen molar-refractivity contribution >= 4 is 16.8 Å². The van der Waals surface area contributed by atoms with Gasteiger partial charge in [-0.2, -0.15) is 0 Å². The van der Waals surface area contributed by atoms with E-state index in [4.69, 9.17) is 10.7 Å². The summed E-state index contributed by atoms with van der Waals surface area (Å²) in [5, 5.41) is 0. The normalized spacial score (nSPS) is 12.8. The molecule has 0 saturated carbocycles. The Morgan fingerprint density at radius 2 is 2.19 bits per heavy atom. The van der Waals surface area contributed by atoms with Crippen LogP contribution in [0.5, 0.6) is 0 Å². The lowest BCUT2D eigenvalue weighted by Gasteiger charge is -2.14. The molecule has 2 aromatic rings. The Labute approximate surface area is 126 Å². The first kappa shape index (κ1) is 15.7. The van der Waals surface area contributed by atoms with Gasteiger partial charge in [-0.3, -0.25) is 4.79 Å². The average molecular weight is 287 g/mol. The molecule has 2 rings (SSSR count). The predicted octanol–water partition coefficient (Wildman–Crippen LogP) is 3.51. The van der Waals surface area contributed by atoms with E-state index in [-0.39, 0.29) is 11.8 Å². The molecule has 0 amide bonds. The summed E-state index contributed by atoms with van der Waals surface area (Å²) in [7, 11) is 0. The van der Waals surface area contributed by atoms with Crippen molar-refractivity contribution in [2.24, 2.45) is 5.73 Å². The van der Waals surface area contributed by atoms with E-state index < -0.39 is 0 Å². The second-order valence-electron chi connectivity index (χ2n) is 5.81. The van der Waals surface area contributed by atoms with Crippen LogP contribution in [0.4, 0.5) is 0 Å². The smallest absolute Gasteiger partial charge is 0.131 e. The van der Waals surface area contributed by atoms with Crippen molar-refractivity contribution in [1.82, 2.24) is 9.55 Å². The highest BCUT2D eigenvalue weighted by Crippen LogP contribution is 2.24. The molecule has 2 N–H and O–H groups in total. The highest BCUT2D eigenvalue weighted by Gasteiger charge is 2.17. The summed E-state index contributed by atoms with van der Waals surface area (Å²) >= 11 is 0. The Morgan fingerprint density at radius 3 is 2.86 bits per heavy atom. The van der Waals surface area contributed by atoms with Gasteiger partial charge in [0.25, 0.3) is 0 Å². The van der Waals surface area contributed by atoms with Crippen molar-refractivity contribution in [3.8, 4) is 0 Å². The summed E-state index contributed by atoms with van der Waals surface area (Å²) in [6.07, 6.45) is 3.67. The molecule has 0 aliphatic rings. The number of aryl methyl sites for hydroxylation is 2. The van der Waals surface area contributed by atoms with E-state index in [0.29, 0.717) is 13.0 Å². The predicted molar refractivity (Wildman–Crippen MR) is 86.2 cm³/mol. The highest BCUT2D eigenvalue weighted by molar-refractivity contribution is 5.78. The minimum Gasteiger partial charge on any atom is -0.326 e. The lowest BCUT2D eigenvalue weighted by atomic mass is 10.1. The fourth-order valence-electron chi connectivity index (χ4n) is 2.60. The van der Waals surface area contributed by atoms with Gasteiger partial charge < -0.3 is 10.3 Å². The number of hydrogen-bond acceptors (Lipinski definition) is 3. The first-order chi connectivity index (χ1) is 10.0. The summed E-state index contributed by atoms with van der Waals surface area (Å²) in [5.41, 5.74) is 9.55. The first-order valence-corrected chi connectivity index (χ1v) is 7.74. The summed E-state index contributed by atoms with van der Waals surface area (Å²) in [6, 6.07) is 6.17. The molecule has 0 saturated heterocycles. The molecule has 1 aromatic heterocycles. The number of rotatable bonds is 7. The van der Waals surface area contributed by atoms with Crippen LogP contribution in [0.15, 0.2) is 18.2 Å². The number of imidazole rings is 1. The molecule has 4 heteroatoms. The second kappa shape index (κ2) is 6.85. The molecule has 0 aliphatic carbocycles. The third kappa shape index (κ3) is 3.70. The zero-order valence-electron chi connectivity index (χ0n) is 13.2. The number of nitrogens with zero attached hydrogens (tertiary/aromatic N) is 2. The van der Waals surface area contributed by atoms with Crippen LogP contribution < -0.4 is 5.73 Å². The van der Waals surface area contributed by atoms with Crippen molar-refractivity contribution in [2.75, 3.05) is 0 Å². The highest BCUT2D eigenvalue weighted by atomic mass is 16.1. The monoisotopic (exact) mass is 287 g/mol. The van der Waals surface area contributed by atoms with Crippen LogP contribution in [0.3, 0.4) is 0 Å². The van der Waals surface area contributed by atoms with Crippen LogP contribution >= 0.6 is 0 Å². The first-order valence-electron chi connectivity index (χ1n) is 7.74. The molecular weight excluding hydrogens is 262 g/mol. The standard InChI is InChI=1S/C17H25N3O/c1-4-5-6-14(18)17-19-15-11-12(2)7-8-16(15)20(17)10-9-13(3)21/h7-8,11,14H,4-6,9-10,18H2,1-3H3. The summed E-state index contributed by atoms with van der Waals surface area (Å²) < 4.78 is 2.12. The van der Waals surface area contributed by atoms with Crippen molar-refractivity contribution in [1.29, 1.82) is 0 Å². The van der Waals surface area contributed by atoms with Crippen molar-refractivity contribution in [3.05, 3.63) is 29.6 Å². The molecule has 1 atom stereocenters. The third-order valence-corrected chi connectivity index (χ3v) is 3.82. The van der Waals surface area contributed by atoms with Crippen LogP contribution in [0.1, 0.15) is 57.0 Å². The Bertz CT molecular complexity index is 630. The van der Waals surface area contributed by atoms with Gasteiger partial charge in [-0.15, -0.1) is 0 Å². The van der Waals surface area contributed by atoms with Gasteiger partial charge in [0.1, 0.15) is 11.6 Å². The van der Waals surface area contributed by atoms with E-state index in [1.54, 1.807) is 6.92 Å². The number of nitrogens with two attached hydrogens (primary N) is 1. The molecule has 1 unspecified atom stereocenters. The summed E-state index contributed by atoms with van der Waals surface area (Å²) in [6.45, 7) is 6.50. The number of aromatic nitrogens is 2. The van der Waals surface area contributed by atoms with Crippen molar-refractivity contribution in [3.63, 3.8) is 0 Å². The number of fused-ring (bicyclic) bond motifs is 1. The SMILES string of the molecule is CCCCC(N)c1nc2cc(C)ccc2n1CCC(C)=O. The molecule has 4 nitrogen and oxygen atoms in total. The third-order valence-electron chi connectivity index (χ3n) is 3.82. The van der Waals surface area contributed by atoms with Gasteiger partial charge in [0.05, 0.1) is 17.1 Å². The fourth-order valence-corrected chi connectivity index (χ4v) is 2.60.